The molecule has 0 aliphatic heterocycles. The van der Waals surface area contributed by atoms with E-state index < -0.39 is 17.5 Å². The molecule has 4 aromatic rings. The molecule has 0 aliphatic rings. The summed E-state index contributed by atoms with van der Waals surface area (Å²) in [5, 5.41) is 1.29. The highest BCUT2D eigenvalue weighted by molar-refractivity contribution is 5.88. The maximum absolute atomic E-state index is 15.1. The van der Waals surface area contributed by atoms with Crippen LogP contribution in [0.3, 0.4) is 0 Å². The molecule has 0 saturated heterocycles. The van der Waals surface area contributed by atoms with Gasteiger partial charge < -0.3 is 0 Å². The summed E-state index contributed by atoms with van der Waals surface area (Å²) >= 11 is 0. The number of unbranched alkanes of at least 4 members (excludes halogenated alkanes) is 2. The first-order valence-electron chi connectivity index (χ1n) is 11.4. The number of halogens is 4. The summed E-state index contributed by atoms with van der Waals surface area (Å²) in [5.74, 6) is -4.29. The first-order valence-corrected chi connectivity index (χ1v) is 11.4. The molecule has 0 aliphatic carbocycles. The van der Waals surface area contributed by atoms with Crippen LogP contribution in [-0.4, -0.2) is 0 Å². The molecular weight excluding hydrogens is 424 g/mol. The second-order valence-electron chi connectivity index (χ2n) is 8.50. The molecule has 0 heterocycles. The minimum Gasteiger partial charge on any atom is -0.206 e. The highest BCUT2D eigenvalue weighted by Gasteiger charge is 2.13. The summed E-state index contributed by atoms with van der Waals surface area (Å²) in [4.78, 5) is 0. The number of rotatable bonds is 8. The molecule has 0 nitrogen and oxygen atoms in total. The van der Waals surface area contributed by atoms with Gasteiger partial charge in [0.2, 0.25) is 0 Å². The molecule has 0 amide bonds. The first-order chi connectivity index (χ1) is 16.0. The number of benzene rings is 4. The summed E-state index contributed by atoms with van der Waals surface area (Å²) in [7, 11) is 0. The van der Waals surface area contributed by atoms with E-state index in [0.717, 1.165) is 35.1 Å². The van der Waals surface area contributed by atoms with Crippen LogP contribution in [0.25, 0.3) is 21.9 Å². The predicted molar refractivity (Wildman–Crippen MR) is 126 cm³/mol. The van der Waals surface area contributed by atoms with E-state index in [1.807, 2.05) is 18.2 Å². The summed E-state index contributed by atoms with van der Waals surface area (Å²) < 4.78 is 55.1. The Morgan fingerprint density at radius 1 is 0.576 bits per heavy atom. The van der Waals surface area contributed by atoms with E-state index in [1.54, 1.807) is 12.1 Å². The molecule has 0 bridgehead atoms. The molecule has 4 heteroatoms. The van der Waals surface area contributed by atoms with E-state index in [1.165, 1.54) is 24.8 Å². The normalized spacial score (nSPS) is 11.3. The van der Waals surface area contributed by atoms with Crippen molar-refractivity contribution in [2.45, 2.75) is 45.4 Å². The van der Waals surface area contributed by atoms with Crippen LogP contribution in [0.5, 0.6) is 0 Å². The Morgan fingerprint density at radius 2 is 1.27 bits per heavy atom. The van der Waals surface area contributed by atoms with Gasteiger partial charge in [-0.25, -0.2) is 17.6 Å². The van der Waals surface area contributed by atoms with Crippen LogP contribution in [0.2, 0.25) is 0 Å². The molecule has 0 atom stereocenters. The molecule has 0 saturated carbocycles. The lowest BCUT2D eigenvalue weighted by molar-refractivity contribution is 0.445. The standard InChI is InChI=1S/C29H26F4/c1-2-3-4-5-19-6-9-21(10-7-19)23-14-15-25-24(18-23)13-12-22(28(25)32)11-8-20-16-26(30)29(33)27(31)17-20/h6-7,9-10,12-18H,2-5,8,11H2,1H3. The van der Waals surface area contributed by atoms with Gasteiger partial charge in [-0.15, -0.1) is 0 Å². The molecule has 0 aromatic heterocycles. The van der Waals surface area contributed by atoms with Gasteiger partial charge in [0.25, 0.3) is 0 Å². The zero-order valence-electron chi connectivity index (χ0n) is 18.6. The molecule has 0 radical (unpaired) electrons. The van der Waals surface area contributed by atoms with Crippen LogP contribution < -0.4 is 0 Å². The van der Waals surface area contributed by atoms with Crippen molar-refractivity contribution >= 4 is 10.8 Å². The third kappa shape index (κ3) is 5.27. The third-order valence-electron chi connectivity index (χ3n) is 6.12. The molecule has 0 spiro atoms. The van der Waals surface area contributed by atoms with Crippen molar-refractivity contribution in [3.8, 4) is 11.1 Å². The van der Waals surface area contributed by atoms with Crippen molar-refractivity contribution in [3.05, 3.63) is 107 Å². The largest absolute Gasteiger partial charge is 0.206 e. The molecular formula is C29H26F4. The van der Waals surface area contributed by atoms with E-state index in [0.29, 0.717) is 16.5 Å². The third-order valence-corrected chi connectivity index (χ3v) is 6.12. The summed E-state index contributed by atoms with van der Waals surface area (Å²) in [6.45, 7) is 2.20. The van der Waals surface area contributed by atoms with Gasteiger partial charge >= 0.3 is 0 Å². The van der Waals surface area contributed by atoms with Crippen LogP contribution in [0.15, 0.2) is 66.7 Å². The molecule has 0 unspecified atom stereocenters. The minimum atomic E-state index is -1.49. The lowest BCUT2D eigenvalue weighted by Gasteiger charge is -2.10. The SMILES string of the molecule is CCCCCc1ccc(-c2ccc3c(F)c(CCc4cc(F)c(F)c(F)c4)ccc3c2)cc1. The maximum atomic E-state index is 15.1. The van der Waals surface area contributed by atoms with Crippen molar-refractivity contribution in [3.63, 3.8) is 0 Å². The van der Waals surface area contributed by atoms with Crippen LogP contribution >= 0.6 is 0 Å². The quantitative estimate of drug-likeness (QED) is 0.143. The molecule has 0 N–H and O–H groups in total. The van der Waals surface area contributed by atoms with Crippen LogP contribution in [0, 0.1) is 23.3 Å². The fraction of sp³-hybridized carbons (Fsp3) is 0.241. The van der Waals surface area contributed by atoms with Crippen LogP contribution in [0.4, 0.5) is 17.6 Å². The van der Waals surface area contributed by atoms with Crippen LogP contribution in [0.1, 0.15) is 42.9 Å². The lowest BCUT2D eigenvalue weighted by Crippen LogP contribution is -1.99. The van der Waals surface area contributed by atoms with E-state index in [9.17, 15) is 13.2 Å². The Hall–Kier alpha value is -3.14. The monoisotopic (exact) mass is 450 g/mol. The minimum absolute atomic E-state index is 0.208. The number of aryl methyl sites for hydroxylation is 3. The highest BCUT2D eigenvalue weighted by Crippen LogP contribution is 2.28. The van der Waals surface area contributed by atoms with Gasteiger partial charge in [-0.1, -0.05) is 68.3 Å². The lowest BCUT2D eigenvalue weighted by atomic mass is 9.96. The predicted octanol–water partition coefficient (Wildman–Crippen LogP) is 8.58. The molecule has 170 valence electrons. The van der Waals surface area contributed by atoms with E-state index in [2.05, 4.69) is 31.2 Å². The van der Waals surface area contributed by atoms with Crippen molar-refractivity contribution in [2.75, 3.05) is 0 Å². The average molecular weight is 451 g/mol. The summed E-state index contributed by atoms with van der Waals surface area (Å²) in [6.07, 6.45) is 5.18. The Kier molecular flexibility index (Phi) is 7.12. The summed E-state index contributed by atoms with van der Waals surface area (Å²) in [5.41, 5.74) is 4.17. The Morgan fingerprint density at radius 3 is 1.97 bits per heavy atom. The van der Waals surface area contributed by atoms with Gasteiger partial charge in [-0.2, -0.15) is 0 Å². The topological polar surface area (TPSA) is 0 Å². The first kappa shape index (κ1) is 23.0. The van der Waals surface area contributed by atoms with E-state index in [4.69, 9.17) is 0 Å². The second kappa shape index (κ2) is 10.2. The number of fused-ring (bicyclic) bond motifs is 1. The fourth-order valence-corrected chi connectivity index (χ4v) is 4.18. The molecule has 4 aromatic carbocycles. The Bertz CT molecular complexity index is 1240. The van der Waals surface area contributed by atoms with Crippen molar-refractivity contribution in [1.82, 2.24) is 0 Å². The second-order valence-corrected chi connectivity index (χ2v) is 8.50. The Balaban J connectivity index is 1.51. The molecule has 4 rings (SSSR count). The number of hydrogen-bond donors (Lipinski definition) is 0. The summed E-state index contributed by atoms with van der Waals surface area (Å²) in [6, 6.07) is 19.7. The Labute approximate surface area is 191 Å². The highest BCUT2D eigenvalue weighted by atomic mass is 19.2. The van der Waals surface area contributed by atoms with Gasteiger partial charge in [0, 0.05) is 5.39 Å². The van der Waals surface area contributed by atoms with Gasteiger partial charge in [0.15, 0.2) is 17.5 Å². The average Bonchev–Trinajstić information content (AvgIpc) is 2.82. The zero-order chi connectivity index (χ0) is 23.4. The van der Waals surface area contributed by atoms with Crippen molar-refractivity contribution in [1.29, 1.82) is 0 Å². The van der Waals surface area contributed by atoms with Crippen LogP contribution in [-0.2, 0) is 19.3 Å². The fourth-order valence-electron chi connectivity index (χ4n) is 4.18. The van der Waals surface area contributed by atoms with Gasteiger partial charge in [-0.05, 0) is 77.1 Å². The van der Waals surface area contributed by atoms with Gasteiger partial charge in [0.05, 0.1) is 0 Å². The van der Waals surface area contributed by atoms with Crippen molar-refractivity contribution in [2.24, 2.45) is 0 Å². The van der Waals surface area contributed by atoms with Gasteiger partial charge in [-0.3, -0.25) is 0 Å². The molecule has 0 fully saturated rings. The van der Waals surface area contributed by atoms with E-state index >= 15 is 4.39 Å². The van der Waals surface area contributed by atoms with E-state index in [-0.39, 0.29) is 18.7 Å². The zero-order valence-corrected chi connectivity index (χ0v) is 18.6. The maximum Gasteiger partial charge on any atom is 0.194 e. The van der Waals surface area contributed by atoms with Gasteiger partial charge in [0.1, 0.15) is 5.82 Å². The number of hydrogen-bond acceptors (Lipinski definition) is 0. The molecule has 33 heavy (non-hydrogen) atoms. The van der Waals surface area contributed by atoms with Crippen molar-refractivity contribution < 1.29 is 17.6 Å². The smallest absolute Gasteiger partial charge is 0.194 e.